The minimum Gasteiger partial charge on any atom is -0.360 e. The van der Waals surface area contributed by atoms with Gasteiger partial charge in [-0.05, 0) is 26.0 Å². The lowest BCUT2D eigenvalue weighted by atomic mass is 10.0. The Morgan fingerprint density at radius 1 is 1.16 bits per heavy atom. The Morgan fingerprint density at radius 2 is 1.88 bits per heavy atom. The molecule has 0 unspecified atom stereocenters. The number of carbonyl (C=O) groups is 1. The summed E-state index contributed by atoms with van der Waals surface area (Å²) in [4.78, 5) is 26.4. The van der Waals surface area contributed by atoms with Gasteiger partial charge < -0.3 is 14.3 Å². The zero-order chi connectivity index (χ0) is 23.0. The summed E-state index contributed by atoms with van der Waals surface area (Å²) in [6, 6.07) is 6.32. The predicted molar refractivity (Wildman–Crippen MR) is 121 cm³/mol. The molecule has 4 rings (SSSR count). The van der Waals surface area contributed by atoms with Gasteiger partial charge in [0.25, 0.3) is 5.91 Å². The zero-order valence-electron chi connectivity index (χ0n) is 18.5. The number of aromatic nitrogens is 3. The molecule has 3 aromatic rings. The van der Waals surface area contributed by atoms with Crippen LogP contribution in [0.1, 0.15) is 47.4 Å². The molecule has 168 valence electrons. The number of carbonyl (C=O) groups excluding carboxylic acids is 1. The van der Waals surface area contributed by atoms with Gasteiger partial charge in [0, 0.05) is 43.9 Å². The van der Waals surface area contributed by atoms with E-state index < -0.39 is 5.82 Å². The largest absolute Gasteiger partial charge is 0.360 e. The van der Waals surface area contributed by atoms with E-state index in [-0.39, 0.29) is 33.7 Å². The number of benzene rings is 1. The Balaban J connectivity index is 1.55. The lowest BCUT2D eigenvalue weighted by Crippen LogP contribution is -2.49. The summed E-state index contributed by atoms with van der Waals surface area (Å²) in [6.07, 6.45) is 0. The van der Waals surface area contributed by atoms with Crippen LogP contribution in [0.3, 0.4) is 0 Å². The first kappa shape index (κ1) is 22.2. The first-order valence-corrected chi connectivity index (χ1v) is 10.9. The van der Waals surface area contributed by atoms with Crippen LogP contribution in [0, 0.1) is 19.7 Å². The summed E-state index contributed by atoms with van der Waals surface area (Å²) in [7, 11) is 0. The monoisotopic (exact) mass is 457 g/mol. The maximum absolute atomic E-state index is 14.5. The molecule has 1 aromatic carbocycles. The molecular formula is C23H25ClFN5O2. The molecule has 0 N–H and O–H groups in total. The second kappa shape index (κ2) is 8.86. The SMILES string of the molecule is Cc1cc(N2CCN(C(=O)c3c(-c4c(F)cccc4Cl)noc3C)CC2)nc(C(C)C)n1. The molecule has 7 nitrogen and oxygen atoms in total. The first-order valence-electron chi connectivity index (χ1n) is 10.6. The van der Waals surface area contributed by atoms with Gasteiger partial charge in [0.1, 0.15) is 34.5 Å². The van der Waals surface area contributed by atoms with Gasteiger partial charge in [-0.3, -0.25) is 4.79 Å². The van der Waals surface area contributed by atoms with Gasteiger partial charge in [-0.15, -0.1) is 0 Å². The molecule has 0 atom stereocenters. The molecule has 2 aromatic heterocycles. The highest BCUT2D eigenvalue weighted by molar-refractivity contribution is 6.33. The van der Waals surface area contributed by atoms with Crippen molar-refractivity contribution in [3.05, 3.63) is 57.9 Å². The second-order valence-electron chi connectivity index (χ2n) is 8.22. The van der Waals surface area contributed by atoms with Crippen LogP contribution in [0.4, 0.5) is 10.2 Å². The minimum absolute atomic E-state index is 0.0747. The van der Waals surface area contributed by atoms with Crippen LogP contribution in [0.5, 0.6) is 0 Å². The number of hydrogen-bond acceptors (Lipinski definition) is 6. The number of amides is 1. The molecule has 1 fully saturated rings. The number of rotatable bonds is 4. The summed E-state index contributed by atoms with van der Waals surface area (Å²) in [6.45, 7) is 9.97. The van der Waals surface area contributed by atoms with Crippen molar-refractivity contribution >= 4 is 23.3 Å². The second-order valence-corrected chi connectivity index (χ2v) is 8.63. The molecule has 0 radical (unpaired) electrons. The molecule has 3 heterocycles. The van der Waals surface area contributed by atoms with Gasteiger partial charge in [-0.2, -0.15) is 0 Å². The van der Waals surface area contributed by atoms with Crippen molar-refractivity contribution in [1.82, 2.24) is 20.0 Å². The number of anilines is 1. The molecule has 1 aliphatic rings. The molecule has 0 spiro atoms. The smallest absolute Gasteiger partial charge is 0.259 e. The van der Waals surface area contributed by atoms with Gasteiger partial charge in [-0.1, -0.05) is 36.7 Å². The van der Waals surface area contributed by atoms with E-state index in [1.165, 1.54) is 12.1 Å². The van der Waals surface area contributed by atoms with E-state index in [1.807, 2.05) is 13.0 Å². The average molecular weight is 458 g/mol. The Hall–Kier alpha value is -3.00. The summed E-state index contributed by atoms with van der Waals surface area (Å²) < 4.78 is 19.7. The maximum Gasteiger partial charge on any atom is 0.259 e. The predicted octanol–water partition coefficient (Wildman–Crippen LogP) is 4.63. The molecule has 0 saturated carbocycles. The van der Waals surface area contributed by atoms with Crippen molar-refractivity contribution in [2.75, 3.05) is 31.1 Å². The van der Waals surface area contributed by atoms with Gasteiger partial charge in [-0.25, -0.2) is 14.4 Å². The standard InChI is InChI=1S/C23H25ClFN5O2/c1-13(2)22-26-14(3)12-18(27-22)29-8-10-30(11-9-29)23(31)19-15(4)32-28-21(19)20-16(24)6-5-7-17(20)25/h5-7,12-13H,8-11H2,1-4H3. The van der Waals surface area contributed by atoms with Gasteiger partial charge in [0.15, 0.2) is 0 Å². The molecule has 0 aliphatic carbocycles. The molecule has 1 aliphatic heterocycles. The van der Waals surface area contributed by atoms with Gasteiger partial charge in [0.2, 0.25) is 0 Å². The van der Waals surface area contributed by atoms with E-state index >= 15 is 0 Å². The van der Waals surface area contributed by atoms with Crippen molar-refractivity contribution in [1.29, 1.82) is 0 Å². The fraction of sp³-hybridized carbons (Fsp3) is 0.391. The van der Waals surface area contributed by atoms with Crippen LogP contribution in [-0.2, 0) is 0 Å². The summed E-state index contributed by atoms with van der Waals surface area (Å²) in [5.41, 5.74) is 1.37. The highest BCUT2D eigenvalue weighted by atomic mass is 35.5. The number of halogens is 2. The van der Waals surface area contributed by atoms with Crippen molar-refractivity contribution in [3.8, 4) is 11.3 Å². The van der Waals surface area contributed by atoms with Crippen molar-refractivity contribution in [2.45, 2.75) is 33.6 Å². The number of nitrogens with zero attached hydrogens (tertiary/aromatic N) is 5. The number of aryl methyl sites for hydroxylation is 2. The third-order valence-electron chi connectivity index (χ3n) is 5.54. The summed E-state index contributed by atoms with van der Waals surface area (Å²) >= 11 is 6.21. The average Bonchev–Trinajstić information content (AvgIpc) is 3.13. The van der Waals surface area contributed by atoms with Crippen LogP contribution >= 0.6 is 11.6 Å². The fourth-order valence-electron chi connectivity index (χ4n) is 3.81. The lowest BCUT2D eigenvalue weighted by molar-refractivity contribution is 0.0745. The van der Waals surface area contributed by atoms with Crippen molar-refractivity contribution in [3.63, 3.8) is 0 Å². The van der Waals surface area contributed by atoms with E-state index in [1.54, 1.807) is 17.9 Å². The first-order chi connectivity index (χ1) is 15.3. The zero-order valence-corrected chi connectivity index (χ0v) is 19.3. The Kier molecular flexibility index (Phi) is 6.15. The Labute approximate surface area is 191 Å². The molecule has 1 amide bonds. The number of hydrogen-bond donors (Lipinski definition) is 0. The van der Waals surface area contributed by atoms with Gasteiger partial charge >= 0.3 is 0 Å². The molecular weight excluding hydrogens is 433 g/mol. The van der Waals surface area contributed by atoms with E-state index in [0.717, 1.165) is 17.3 Å². The highest BCUT2D eigenvalue weighted by Crippen LogP contribution is 2.34. The normalized spacial score (nSPS) is 14.3. The van der Waals surface area contributed by atoms with E-state index in [4.69, 9.17) is 21.1 Å². The van der Waals surface area contributed by atoms with Crippen LogP contribution in [0.25, 0.3) is 11.3 Å². The van der Waals surface area contributed by atoms with Crippen molar-refractivity contribution in [2.24, 2.45) is 0 Å². The van der Waals surface area contributed by atoms with Crippen LogP contribution < -0.4 is 4.90 Å². The molecule has 32 heavy (non-hydrogen) atoms. The minimum atomic E-state index is -0.551. The highest BCUT2D eigenvalue weighted by Gasteiger charge is 2.31. The van der Waals surface area contributed by atoms with Crippen LogP contribution in [0.2, 0.25) is 5.02 Å². The van der Waals surface area contributed by atoms with Crippen LogP contribution in [0.15, 0.2) is 28.8 Å². The maximum atomic E-state index is 14.5. The lowest BCUT2D eigenvalue weighted by Gasteiger charge is -2.35. The third kappa shape index (κ3) is 4.19. The fourth-order valence-corrected chi connectivity index (χ4v) is 4.06. The molecule has 1 saturated heterocycles. The van der Waals surface area contributed by atoms with E-state index in [0.29, 0.717) is 31.9 Å². The Morgan fingerprint density at radius 3 is 2.53 bits per heavy atom. The van der Waals surface area contributed by atoms with E-state index in [9.17, 15) is 9.18 Å². The van der Waals surface area contributed by atoms with Crippen LogP contribution in [-0.4, -0.2) is 52.1 Å². The summed E-state index contributed by atoms with van der Waals surface area (Å²) in [5, 5.41) is 4.13. The quantitative estimate of drug-likeness (QED) is 0.568. The molecule has 0 bridgehead atoms. The number of piperazine rings is 1. The van der Waals surface area contributed by atoms with E-state index in [2.05, 4.69) is 28.9 Å². The van der Waals surface area contributed by atoms with Crippen molar-refractivity contribution < 1.29 is 13.7 Å². The van der Waals surface area contributed by atoms with Gasteiger partial charge in [0.05, 0.1) is 10.6 Å². The molecule has 9 heteroatoms. The third-order valence-corrected chi connectivity index (χ3v) is 5.86. The Bertz CT molecular complexity index is 1140. The summed E-state index contributed by atoms with van der Waals surface area (Å²) in [5.74, 6) is 1.44. The topological polar surface area (TPSA) is 75.4 Å².